The molecule has 10 nitrogen and oxygen atoms in total. The van der Waals surface area contributed by atoms with Gasteiger partial charge in [0.05, 0.1) is 15.5 Å². The number of nitrogens with one attached hydrogen (secondary N) is 1. The molecule has 0 fully saturated rings. The number of nitrogens with zero attached hydrogens (tertiary/aromatic N) is 3. The van der Waals surface area contributed by atoms with Gasteiger partial charge in [0.15, 0.2) is 0 Å². The van der Waals surface area contributed by atoms with E-state index in [1.54, 1.807) is 18.2 Å². The zero-order valence-electron chi connectivity index (χ0n) is 25.9. The molecule has 0 saturated heterocycles. The minimum atomic E-state index is -4.36. The number of sulfonamides is 1. The van der Waals surface area contributed by atoms with Gasteiger partial charge in [-0.3, -0.25) is 24.0 Å². The van der Waals surface area contributed by atoms with Gasteiger partial charge in [0.1, 0.15) is 12.6 Å². The van der Waals surface area contributed by atoms with Gasteiger partial charge >= 0.3 is 0 Å². The summed E-state index contributed by atoms with van der Waals surface area (Å²) in [6, 6.07) is 28.6. The van der Waals surface area contributed by atoms with Gasteiger partial charge in [-0.15, -0.1) is 0 Å². The molecule has 0 aliphatic heterocycles. The maximum Gasteiger partial charge on any atom is 0.271 e. The minimum Gasteiger partial charge on any atom is -0.354 e. The molecule has 0 aromatic heterocycles. The average Bonchev–Trinajstić information content (AvgIpc) is 3.06. The molecule has 0 aliphatic rings. The Bertz CT molecular complexity index is 1730. The van der Waals surface area contributed by atoms with Gasteiger partial charge in [-0.05, 0) is 42.7 Å². The van der Waals surface area contributed by atoms with Crippen LogP contribution in [-0.2, 0) is 32.6 Å². The van der Waals surface area contributed by atoms with E-state index < -0.39 is 33.4 Å². The second kappa shape index (κ2) is 15.8. The van der Waals surface area contributed by atoms with E-state index in [2.05, 4.69) is 5.32 Å². The normalized spacial score (nSPS) is 11.8. The van der Waals surface area contributed by atoms with Crippen LogP contribution < -0.4 is 9.62 Å². The average molecular weight is 643 g/mol. The van der Waals surface area contributed by atoms with E-state index in [0.717, 1.165) is 39.9 Å². The molecular formula is C35H38N4O6S. The molecular weight excluding hydrogens is 604 g/mol. The van der Waals surface area contributed by atoms with Gasteiger partial charge in [-0.1, -0.05) is 97.8 Å². The molecule has 1 N–H and O–H groups in total. The number of anilines is 1. The smallest absolute Gasteiger partial charge is 0.271 e. The molecule has 0 saturated carbocycles. The van der Waals surface area contributed by atoms with Crippen molar-refractivity contribution < 1.29 is 22.9 Å². The minimum absolute atomic E-state index is 0.0337. The summed E-state index contributed by atoms with van der Waals surface area (Å²) < 4.78 is 29.0. The number of non-ortho nitro benzene ring substituents is 1. The lowest BCUT2D eigenvalue weighted by atomic mass is 10.0. The Morgan fingerprint density at radius 1 is 0.870 bits per heavy atom. The van der Waals surface area contributed by atoms with Crippen molar-refractivity contribution in [2.24, 2.45) is 0 Å². The number of carbonyl (C=O) groups excluding carboxylic acids is 2. The highest BCUT2D eigenvalue weighted by Gasteiger charge is 2.35. The van der Waals surface area contributed by atoms with Gasteiger partial charge in [0.2, 0.25) is 11.8 Å². The van der Waals surface area contributed by atoms with Crippen molar-refractivity contribution in [3.05, 3.63) is 136 Å². The van der Waals surface area contributed by atoms with Crippen LogP contribution in [0.15, 0.2) is 114 Å². The number of aryl methyl sites for hydroxylation is 1. The Morgan fingerprint density at radius 3 is 2.15 bits per heavy atom. The van der Waals surface area contributed by atoms with Crippen molar-refractivity contribution in [2.45, 2.75) is 50.6 Å². The Balaban J connectivity index is 1.81. The van der Waals surface area contributed by atoms with E-state index in [0.29, 0.717) is 6.54 Å². The largest absolute Gasteiger partial charge is 0.354 e. The van der Waals surface area contributed by atoms with Crippen LogP contribution >= 0.6 is 0 Å². The van der Waals surface area contributed by atoms with Gasteiger partial charge in [0.25, 0.3) is 15.7 Å². The van der Waals surface area contributed by atoms with Crippen LogP contribution in [0.25, 0.3) is 0 Å². The van der Waals surface area contributed by atoms with Crippen molar-refractivity contribution in [1.29, 1.82) is 0 Å². The number of unbranched alkanes of at least 4 members (excludes halogenated alkanes) is 1. The maximum atomic E-state index is 14.5. The monoisotopic (exact) mass is 642 g/mol. The summed E-state index contributed by atoms with van der Waals surface area (Å²) in [6.07, 6.45) is 1.81. The Labute approximate surface area is 269 Å². The van der Waals surface area contributed by atoms with Crippen LogP contribution in [0.5, 0.6) is 0 Å². The number of carbonyl (C=O) groups is 2. The molecule has 4 aromatic rings. The second-order valence-corrected chi connectivity index (χ2v) is 12.8. The number of amides is 2. The summed E-state index contributed by atoms with van der Waals surface area (Å²) in [4.78, 5) is 40.6. The molecule has 11 heteroatoms. The maximum absolute atomic E-state index is 14.5. The van der Waals surface area contributed by atoms with Crippen LogP contribution in [0.1, 0.15) is 36.5 Å². The fourth-order valence-corrected chi connectivity index (χ4v) is 6.39. The summed E-state index contributed by atoms with van der Waals surface area (Å²) in [7, 11) is -4.36. The van der Waals surface area contributed by atoms with Crippen molar-refractivity contribution in [1.82, 2.24) is 10.2 Å². The third kappa shape index (κ3) is 8.79. The van der Waals surface area contributed by atoms with Crippen molar-refractivity contribution in [3.63, 3.8) is 0 Å². The highest BCUT2D eigenvalue weighted by Crippen LogP contribution is 2.28. The lowest BCUT2D eigenvalue weighted by Gasteiger charge is -2.34. The fraction of sp³-hybridized carbons (Fsp3) is 0.257. The molecule has 0 spiro atoms. The quantitative estimate of drug-likeness (QED) is 0.101. The number of rotatable bonds is 15. The van der Waals surface area contributed by atoms with Crippen LogP contribution in [-0.4, -0.2) is 49.2 Å². The SMILES string of the molecule is CCCCNC(=O)[C@@H](Cc1ccccc1)N(Cc1ccc(C)cc1)C(=O)CN(c1cccc([N+](=O)[O-])c1)S(=O)(=O)c1ccccc1. The molecule has 0 aliphatic carbocycles. The molecule has 240 valence electrons. The zero-order chi connectivity index (χ0) is 33.1. The van der Waals surface area contributed by atoms with Crippen molar-refractivity contribution in [2.75, 3.05) is 17.4 Å². The predicted octanol–water partition coefficient (Wildman–Crippen LogP) is 5.65. The van der Waals surface area contributed by atoms with E-state index in [1.165, 1.54) is 35.2 Å². The molecule has 0 radical (unpaired) electrons. The Morgan fingerprint density at radius 2 is 1.52 bits per heavy atom. The number of benzene rings is 4. The standard InChI is InChI=1S/C35H38N4O6S/c1-3-4-22-36-35(41)33(23-28-12-7-5-8-13-28)37(25-29-20-18-27(2)19-21-29)34(40)26-38(30-14-11-15-31(24-30)39(42)43)46(44,45)32-16-9-6-10-17-32/h5-21,24,33H,3-4,22-23,25-26H2,1-2H3,(H,36,41)/t33-/m1/s1. The van der Waals surface area contributed by atoms with Crippen LogP contribution in [0, 0.1) is 17.0 Å². The Hall–Kier alpha value is -5.03. The second-order valence-electron chi connectivity index (χ2n) is 11.0. The molecule has 4 aromatic carbocycles. The summed E-state index contributed by atoms with van der Waals surface area (Å²) >= 11 is 0. The lowest BCUT2D eigenvalue weighted by Crippen LogP contribution is -2.53. The molecule has 46 heavy (non-hydrogen) atoms. The van der Waals surface area contributed by atoms with E-state index >= 15 is 0 Å². The topological polar surface area (TPSA) is 130 Å². The predicted molar refractivity (Wildman–Crippen MR) is 178 cm³/mol. The third-order valence-corrected chi connectivity index (χ3v) is 9.30. The lowest BCUT2D eigenvalue weighted by molar-refractivity contribution is -0.384. The van der Waals surface area contributed by atoms with Crippen molar-refractivity contribution in [3.8, 4) is 0 Å². The summed E-state index contributed by atoms with van der Waals surface area (Å²) in [6.45, 7) is 3.72. The van der Waals surface area contributed by atoms with Crippen LogP contribution in [0.2, 0.25) is 0 Å². The van der Waals surface area contributed by atoms with Crippen molar-refractivity contribution >= 4 is 33.2 Å². The zero-order valence-corrected chi connectivity index (χ0v) is 26.7. The number of nitro groups is 1. The number of hydrogen-bond acceptors (Lipinski definition) is 6. The van der Waals surface area contributed by atoms with Gasteiger partial charge in [-0.25, -0.2) is 8.42 Å². The summed E-state index contributed by atoms with van der Waals surface area (Å²) in [5.41, 5.74) is 2.23. The summed E-state index contributed by atoms with van der Waals surface area (Å²) in [5, 5.41) is 14.6. The van der Waals surface area contributed by atoms with Crippen LogP contribution in [0.3, 0.4) is 0 Å². The summed E-state index contributed by atoms with van der Waals surface area (Å²) in [5.74, 6) is -0.997. The highest BCUT2D eigenvalue weighted by molar-refractivity contribution is 7.92. The van der Waals surface area contributed by atoms with Gasteiger partial charge < -0.3 is 10.2 Å². The first-order chi connectivity index (χ1) is 22.1. The molecule has 0 heterocycles. The van der Waals surface area contributed by atoms with E-state index in [1.807, 2.05) is 68.4 Å². The number of hydrogen-bond donors (Lipinski definition) is 1. The highest BCUT2D eigenvalue weighted by atomic mass is 32.2. The van der Waals surface area contributed by atoms with E-state index in [4.69, 9.17) is 0 Å². The molecule has 4 rings (SSSR count). The molecule has 1 atom stereocenters. The Kier molecular flexibility index (Phi) is 11.6. The fourth-order valence-electron chi connectivity index (χ4n) is 4.96. The molecule has 2 amide bonds. The first-order valence-electron chi connectivity index (χ1n) is 15.1. The third-order valence-electron chi connectivity index (χ3n) is 7.51. The molecule has 0 bridgehead atoms. The van der Waals surface area contributed by atoms with Gasteiger partial charge in [0, 0.05) is 31.6 Å². The first-order valence-corrected chi connectivity index (χ1v) is 16.5. The van der Waals surface area contributed by atoms with E-state index in [9.17, 15) is 28.1 Å². The number of nitro benzene ring substituents is 1. The van der Waals surface area contributed by atoms with Crippen LogP contribution in [0.4, 0.5) is 11.4 Å². The van der Waals surface area contributed by atoms with Gasteiger partial charge in [-0.2, -0.15) is 0 Å². The first kappa shape index (κ1) is 33.9. The van der Waals surface area contributed by atoms with E-state index in [-0.39, 0.29) is 35.1 Å². The molecule has 0 unspecified atom stereocenters.